The lowest BCUT2D eigenvalue weighted by Crippen LogP contribution is -2.10. The summed E-state index contributed by atoms with van der Waals surface area (Å²) in [4.78, 5) is 4.98. The van der Waals surface area contributed by atoms with Gasteiger partial charge in [0.2, 0.25) is 0 Å². The lowest BCUT2D eigenvalue weighted by atomic mass is 9.83. The van der Waals surface area contributed by atoms with E-state index in [0.29, 0.717) is 0 Å². The van der Waals surface area contributed by atoms with E-state index in [1.807, 2.05) is 6.20 Å². The minimum atomic E-state index is 0.206. The first kappa shape index (κ1) is 17.2. The molecule has 0 saturated heterocycles. The van der Waals surface area contributed by atoms with Gasteiger partial charge in [0.05, 0.1) is 5.52 Å². The Hall–Kier alpha value is -2.93. The van der Waals surface area contributed by atoms with E-state index in [0.717, 1.165) is 11.9 Å². The van der Waals surface area contributed by atoms with Gasteiger partial charge in [-0.25, -0.2) is 0 Å². The van der Waals surface area contributed by atoms with Crippen molar-refractivity contribution >= 4 is 43.2 Å². The van der Waals surface area contributed by atoms with Crippen LogP contribution in [0.5, 0.6) is 0 Å². The molecule has 0 aliphatic carbocycles. The Bertz CT molecular complexity index is 1370. The maximum absolute atomic E-state index is 4.98. The smallest absolute Gasteiger partial charge is 0.0789 e. The third-order valence-corrected chi connectivity index (χ3v) is 5.71. The number of fused-ring (bicyclic) bond motifs is 7. The van der Waals surface area contributed by atoms with Crippen molar-refractivity contribution in [1.82, 2.24) is 4.98 Å². The fourth-order valence-corrected chi connectivity index (χ4v) is 4.58. The van der Waals surface area contributed by atoms with Crippen molar-refractivity contribution in [3.63, 3.8) is 0 Å². The minimum Gasteiger partial charge on any atom is -0.255 e. The molecule has 28 heavy (non-hydrogen) atoms. The number of nitrogens with zero attached hydrogens (tertiary/aromatic N) is 1. The fourth-order valence-electron chi connectivity index (χ4n) is 4.58. The summed E-state index contributed by atoms with van der Waals surface area (Å²) in [5.74, 6) is 0. The number of rotatable bonds is 1. The summed E-state index contributed by atoms with van der Waals surface area (Å²) in [6, 6.07) is 22.1. The first-order valence-electron chi connectivity index (χ1n) is 10.0. The van der Waals surface area contributed by atoms with Gasteiger partial charge in [-0.15, -0.1) is 0 Å². The van der Waals surface area contributed by atoms with Gasteiger partial charge in [-0.1, -0.05) is 69.3 Å². The summed E-state index contributed by atoms with van der Waals surface area (Å²) in [5, 5.41) is 9.06. The van der Waals surface area contributed by atoms with E-state index >= 15 is 0 Å². The molecule has 5 aromatic rings. The molecule has 0 spiro atoms. The second kappa shape index (κ2) is 6.04. The van der Waals surface area contributed by atoms with E-state index in [1.165, 1.54) is 48.8 Å². The van der Waals surface area contributed by atoms with E-state index in [4.69, 9.17) is 4.98 Å². The van der Waals surface area contributed by atoms with Crippen molar-refractivity contribution in [2.24, 2.45) is 5.41 Å². The summed E-state index contributed by atoms with van der Waals surface area (Å²) in [6.45, 7) is 9.15. The summed E-state index contributed by atoms with van der Waals surface area (Å²) in [7, 11) is 0. The van der Waals surface area contributed by atoms with E-state index in [2.05, 4.69) is 88.4 Å². The largest absolute Gasteiger partial charge is 0.255 e. The normalized spacial score (nSPS) is 12.4. The number of hydrogen-bond donors (Lipinski definition) is 0. The van der Waals surface area contributed by atoms with Gasteiger partial charge in [-0.05, 0) is 63.6 Å². The Morgan fingerprint density at radius 1 is 0.750 bits per heavy atom. The third kappa shape index (κ3) is 2.65. The van der Waals surface area contributed by atoms with E-state index in [-0.39, 0.29) is 5.41 Å². The van der Waals surface area contributed by atoms with Crippen LogP contribution in [0.1, 0.15) is 31.9 Å². The van der Waals surface area contributed by atoms with Crippen LogP contribution in [0, 0.1) is 12.3 Å². The number of pyridine rings is 1. The van der Waals surface area contributed by atoms with Gasteiger partial charge in [0.25, 0.3) is 0 Å². The third-order valence-electron chi connectivity index (χ3n) is 5.71. The molecule has 1 aromatic heterocycles. The molecule has 5 rings (SSSR count). The second-order valence-electron chi connectivity index (χ2n) is 9.18. The lowest BCUT2D eigenvalue weighted by Gasteiger charge is -2.21. The van der Waals surface area contributed by atoms with Gasteiger partial charge in [0.15, 0.2) is 0 Å². The van der Waals surface area contributed by atoms with Crippen LogP contribution in [-0.2, 0) is 6.42 Å². The average Bonchev–Trinajstić information content (AvgIpc) is 2.67. The van der Waals surface area contributed by atoms with Gasteiger partial charge >= 0.3 is 0 Å². The Kier molecular flexibility index (Phi) is 3.71. The molecule has 0 N–H and O–H groups in total. The number of aromatic nitrogens is 1. The van der Waals surface area contributed by atoms with Gasteiger partial charge in [-0.2, -0.15) is 0 Å². The molecule has 1 heteroatoms. The molecule has 0 unspecified atom stereocenters. The lowest BCUT2D eigenvalue weighted by molar-refractivity contribution is 0.413. The van der Waals surface area contributed by atoms with Crippen LogP contribution in [0.3, 0.4) is 0 Å². The summed E-state index contributed by atoms with van der Waals surface area (Å²) >= 11 is 0. The highest BCUT2D eigenvalue weighted by atomic mass is 14.7. The maximum atomic E-state index is 4.98. The molecule has 0 saturated carbocycles. The predicted octanol–water partition coefficient (Wildman–Crippen LogP) is 7.59. The predicted molar refractivity (Wildman–Crippen MR) is 122 cm³/mol. The molecule has 0 fully saturated rings. The maximum Gasteiger partial charge on any atom is 0.0789 e. The molecule has 0 aliphatic heterocycles. The molecular formula is C27H25N. The first-order chi connectivity index (χ1) is 13.4. The Morgan fingerprint density at radius 3 is 2.18 bits per heavy atom. The van der Waals surface area contributed by atoms with Crippen molar-refractivity contribution in [3.05, 3.63) is 78.0 Å². The van der Waals surface area contributed by atoms with E-state index < -0.39 is 0 Å². The second-order valence-corrected chi connectivity index (χ2v) is 9.18. The van der Waals surface area contributed by atoms with Crippen molar-refractivity contribution in [1.29, 1.82) is 0 Å². The zero-order chi connectivity index (χ0) is 19.5. The van der Waals surface area contributed by atoms with E-state index in [1.54, 1.807) is 0 Å². The standard InChI is InChI=1S/C27H25N/c1-17-13-24-23(22-12-8-7-10-20(17)22)14-19(15-27(2,3)4)25-21-11-6-5-9-18(21)16-28-26(24)25/h5-14,16H,15H2,1-4H3. The monoisotopic (exact) mass is 363 g/mol. The van der Waals surface area contributed by atoms with Crippen LogP contribution < -0.4 is 0 Å². The fraction of sp³-hybridized carbons (Fsp3) is 0.222. The Morgan fingerprint density at radius 2 is 1.43 bits per heavy atom. The number of aryl methyl sites for hydroxylation is 1. The van der Waals surface area contributed by atoms with Crippen LogP contribution in [0.4, 0.5) is 0 Å². The van der Waals surface area contributed by atoms with Crippen molar-refractivity contribution in [2.75, 3.05) is 0 Å². The van der Waals surface area contributed by atoms with Crippen molar-refractivity contribution in [3.8, 4) is 0 Å². The zero-order valence-electron chi connectivity index (χ0n) is 17.0. The highest BCUT2D eigenvalue weighted by Gasteiger charge is 2.18. The van der Waals surface area contributed by atoms with E-state index in [9.17, 15) is 0 Å². The summed E-state index contributed by atoms with van der Waals surface area (Å²) in [5.41, 5.74) is 4.04. The molecule has 4 aromatic carbocycles. The van der Waals surface area contributed by atoms with Crippen LogP contribution in [0.25, 0.3) is 43.2 Å². The van der Waals surface area contributed by atoms with Gasteiger partial charge in [-0.3, -0.25) is 4.98 Å². The molecule has 1 heterocycles. The molecule has 0 aliphatic rings. The van der Waals surface area contributed by atoms with Crippen molar-refractivity contribution in [2.45, 2.75) is 34.1 Å². The van der Waals surface area contributed by atoms with Crippen LogP contribution >= 0.6 is 0 Å². The molecule has 138 valence electrons. The van der Waals surface area contributed by atoms with Crippen LogP contribution in [-0.4, -0.2) is 4.98 Å². The molecule has 0 atom stereocenters. The quantitative estimate of drug-likeness (QED) is 0.280. The van der Waals surface area contributed by atoms with Gasteiger partial charge in [0, 0.05) is 22.4 Å². The topological polar surface area (TPSA) is 12.9 Å². The zero-order valence-corrected chi connectivity index (χ0v) is 17.0. The molecule has 1 nitrogen and oxygen atoms in total. The highest BCUT2D eigenvalue weighted by Crippen LogP contribution is 2.39. The number of hydrogen-bond acceptors (Lipinski definition) is 1. The van der Waals surface area contributed by atoms with Gasteiger partial charge in [0.1, 0.15) is 0 Å². The van der Waals surface area contributed by atoms with Crippen LogP contribution in [0.2, 0.25) is 0 Å². The highest BCUT2D eigenvalue weighted by molar-refractivity contribution is 6.22. The number of benzene rings is 4. The SMILES string of the molecule is Cc1cc2c(cc(CC(C)(C)C)c3c4ccccc4cnc23)c2ccccc12. The Balaban J connectivity index is 2.04. The van der Waals surface area contributed by atoms with Crippen molar-refractivity contribution < 1.29 is 0 Å². The molecular weight excluding hydrogens is 338 g/mol. The van der Waals surface area contributed by atoms with Gasteiger partial charge < -0.3 is 0 Å². The summed E-state index contributed by atoms with van der Waals surface area (Å²) in [6.07, 6.45) is 3.06. The van der Waals surface area contributed by atoms with Crippen LogP contribution in [0.15, 0.2) is 66.9 Å². The average molecular weight is 364 g/mol. The minimum absolute atomic E-state index is 0.206. The summed E-state index contributed by atoms with van der Waals surface area (Å²) < 4.78 is 0. The first-order valence-corrected chi connectivity index (χ1v) is 10.0. The molecule has 0 bridgehead atoms. The Labute approximate surface area is 166 Å². The molecule has 0 amide bonds. The molecule has 0 radical (unpaired) electrons.